The Bertz CT molecular complexity index is 1230. The van der Waals surface area contributed by atoms with Gasteiger partial charge in [0.25, 0.3) is 5.91 Å². The number of nitrogens with zero attached hydrogens (tertiary/aromatic N) is 4. The lowest BCUT2D eigenvalue weighted by atomic mass is 9.96. The lowest BCUT2D eigenvalue weighted by Gasteiger charge is -2.46. The van der Waals surface area contributed by atoms with E-state index >= 15 is 0 Å². The number of imidazole rings is 1. The van der Waals surface area contributed by atoms with Gasteiger partial charge in [0.15, 0.2) is 0 Å². The molecule has 1 saturated heterocycles. The molecule has 3 N–H and O–H groups in total. The molecule has 0 radical (unpaired) electrons. The number of β-amino-alcohol motifs (C(OH)–C–C–N with tert-alkyl or cyclic N) is 1. The number of carbonyl (C=O) groups is 2. The second-order valence-corrected chi connectivity index (χ2v) is 8.18. The van der Waals surface area contributed by atoms with Gasteiger partial charge in [-0.2, -0.15) is 13.2 Å². The molecule has 4 heterocycles. The minimum absolute atomic E-state index is 0.101. The molecule has 0 atom stereocenters. The number of aromatic nitrogens is 3. The second-order valence-electron chi connectivity index (χ2n) is 8.18. The van der Waals surface area contributed by atoms with Crippen molar-refractivity contribution >= 4 is 28.9 Å². The molecule has 9 nitrogen and oxygen atoms in total. The lowest BCUT2D eigenvalue weighted by Crippen LogP contribution is -2.60. The topological polar surface area (TPSA) is 120 Å². The number of carboxylic acids is 1. The fraction of sp³-hybridized carbons (Fsp3) is 0.333. The third-order valence-corrected chi connectivity index (χ3v) is 5.14. The van der Waals surface area contributed by atoms with Crippen molar-refractivity contribution in [3.63, 3.8) is 0 Å². The van der Waals surface area contributed by atoms with Gasteiger partial charge in [0.1, 0.15) is 17.0 Å². The highest BCUT2D eigenvalue weighted by atomic mass is 19.4. The molecular formula is C21H20F3N5O4. The highest BCUT2D eigenvalue weighted by Crippen LogP contribution is 2.35. The molecule has 3 aromatic heterocycles. The maximum atomic E-state index is 13.0. The summed E-state index contributed by atoms with van der Waals surface area (Å²) >= 11 is 0. The third-order valence-electron chi connectivity index (χ3n) is 5.14. The number of rotatable bonds is 6. The molecule has 0 aromatic carbocycles. The third kappa shape index (κ3) is 4.90. The van der Waals surface area contributed by atoms with Gasteiger partial charge in [-0.15, -0.1) is 0 Å². The van der Waals surface area contributed by atoms with Crippen LogP contribution in [0.5, 0.6) is 0 Å². The summed E-state index contributed by atoms with van der Waals surface area (Å²) in [5.74, 6) is -1.79. The van der Waals surface area contributed by atoms with Crippen LogP contribution in [0.1, 0.15) is 35.2 Å². The van der Waals surface area contributed by atoms with Crippen LogP contribution in [0.2, 0.25) is 0 Å². The van der Waals surface area contributed by atoms with Crippen LogP contribution in [0, 0.1) is 0 Å². The van der Waals surface area contributed by atoms with Crippen LogP contribution >= 0.6 is 0 Å². The van der Waals surface area contributed by atoms with Crippen molar-refractivity contribution in [2.75, 3.05) is 23.3 Å². The van der Waals surface area contributed by atoms with Crippen molar-refractivity contribution in [1.82, 2.24) is 14.4 Å². The number of hydrogen-bond acceptors (Lipinski definition) is 6. The smallest absolute Gasteiger partial charge is 0.433 e. The van der Waals surface area contributed by atoms with Crippen LogP contribution in [0.25, 0.3) is 5.65 Å². The molecule has 1 amide bonds. The van der Waals surface area contributed by atoms with Gasteiger partial charge in [-0.05, 0) is 19.1 Å². The zero-order valence-corrected chi connectivity index (χ0v) is 17.4. The first-order valence-electron chi connectivity index (χ1n) is 9.98. The molecule has 0 bridgehead atoms. The number of halogens is 3. The SMILES string of the molecule is CC1(O)CN(c2cc3nc(CCC(=O)O)cn3cc2NC(=O)c2cccc(C(F)(F)F)n2)C1. The Morgan fingerprint density at radius 1 is 1.21 bits per heavy atom. The van der Waals surface area contributed by atoms with Gasteiger partial charge >= 0.3 is 12.1 Å². The van der Waals surface area contributed by atoms with Crippen molar-refractivity contribution in [3.8, 4) is 0 Å². The van der Waals surface area contributed by atoms with E-state index < -0.39 is 35.0 Å². The normalized spacial score (nSPS) is 15.4. The minimum atomic E-state index is -4.69. The zero-order chi connectivity index (χ0) is 24.0. The molecule has 1 fully saturated rings. The number of alkyl halides is 3. The number of amides is 1. The predicted molar refractivity (Wildman–Crippen MR) is 111 cm³/mol. The van der Waals surface area contributed by atoms with Crippen molar-refractivity contribution < 1.29 is 33.0 Å². The molecular weight excluding hydrogens is 443 g/mol. The second kappa shape index (κ2) is 8.03. The molecule has 33 heavy (non-hydrogen) atoms. The van der Waals surface area contributed by atoms with Gasteiger partial charge < -0.3 is 24.8 Å². The highest BCUT2D eigenvalue weighted by Gasteiger charge is 2.38. The Labute approximate surface area is 185 Å². The molecule has 1 aliphatic rings. The first-order chi connectivity index (χ1) is 15.4. The molecule has 1 aliphatic heterocycles. The van der Waals surface area contributed by atoms with E-state index in [9.17, 15) is 27.9 Å². The van der Waals surface area contributed by atoms with Gasteiger partial charge in [0.05, 0.1) is 29.1 Å². The van der Waals surface area contributed by atoms with Crippen LogP contribution in [0.3, 0.4) is 0 Å². The summed E-state index contributed by atoms with van der Waals surface area (Å²) in [7, 11) is 0. The number of aliphatic hydroxyl groups is 1. The minimum Gasteiger partial charge on any atom is -0.481 e. The molecule has 0 unspecified atom stereocenters. The Kier molecular flexibility index (Phi) is 5.48. The summed E-state index contributed by atoms with van der Waals surface area (Å²) in [6.07, 6.45) is -1.42. The van der Waals surface area contributed by atoms with E-state index in [0.717, 1.165) is 12.1 Å². The van der Waals surface area contributed by atoms with Gasteiger partial charge in [-0.25, -0.2) is 9.97 Å². The molecule has 174 valence electrons. The average molecular weight is 463 g/mol. The fourth-order valence-electron chi connectivity index (χ4n) is 3.64. The van der Waals surface area contributed by atoms with Crippen molar-refractivity contribution in [3.05, 3.63) is 53.7 Å². The summed E-state index contributed by atoms with van der Waals surface area (Å²) in [6.45, 7) is 2.22. The average Bonchev–Trinajstić information content (AvgIpc) is 3.11. The summed E-state index contributed by atoms with van der Waals surface area (Å²) in [5.41, 5.74) is -0.678. The van der Waals surface area contributed by atoms with Gasteiger partial charge in [-0.1, -0.05) is 6.07 Å². The van der Waals surface area contributed by atoms with Crippen LogP contribution < -0.4 is 10.2 Å². The first kappa shape index (κ1) is 22.5. The number of fused-ring (bicyclic) bond motifs is 1. The number of aliphatic carboxylic acids is 1. The largest absolute Gasteiger partial charge is 0.481 e. The molecule has 0 aliphatic carbocycles. The van der Waals surface area contributed by atoms with Gasteiger partial charge in [0, 0.05) is 38.0 Å². The number of pyridine rings is 2. The number of carboxylic acid groups (broad SMARTS) is 1. The Morgan fingerprint density at radius 2 is 1.94 bits per heavy atom. The maximum Gasteiger partial charge on any atom is 0.433 e. The molecule has 12 heteroatoms. The monoisotopic (exact) mass is 463 g/mol. The van der Waals surface area contributed by atoms with Gasteiger partial charge in [0.2, 0.25) is 0 Å². The summed E-state index contributed by atoms with van der Waals surface area (Å²) in [4.78, 5) is 33.2. The Balaban J connectivity index is 1.67. The van der Waals surface area contributed by atoms with E-state index in [-0.39, 0.29) is 31.6 Å². The lowest BCUT2D eigenvalue weighted by molar-refractivity contribution is -0.141. The molecule has 0 saturated carbocycles. The molecule has 4 rings (SSSR count). The summed E-state index contributed by atoms with van der Waals surface area (Å²) in [6, 6.07) is 4.72. The summed E-state index contributed by atoms with van der Waals surface area (Å²) in [5, 5.41) is 21.6. The molecule has 3 aromatic rings. The van der Waals surface area contributed by atoms with Crippen molar-refractivity contribution in [1.29, 1.82) is 0 Å². The van der Waals surface area contributed by atoms with E-state index in [1.54, 1.807) is 34.7 Å². The quantitative estimate of drug-likeness (QED) is 0.514. The number of aryl methyl sites for hydroxylation is 1. The van der Waals surface area contributed by atoms with E-state index in [4.69, 9.17) is 5.11 Å². The number of anilines is 2. The van der Waals surface area contributed by atoms with Crippen molar-refractivity contribution in [2.45, 2.75) is 31.5 Å². The summed E-state index contributed by atoms with van der Waals surface area (Å²) < 4.78 is 40.5. The van der Waals surface area contributed by atoms with E-state index in [0.29, 0.717) is 17.0 Å². The maximum absolute atomic E-state index is 13.0. The zero-order valence-electron chi connectivity index (χ0n) is 17.4. The highest BCUT2D eigenvalue weighted by molar-refractivity contribution is 6.05. The van der Waals surface area contributed by atoms with E-state index in [2.05, 4.69) is 15.3 Å². The van der Waals surface area contributed by atoms with E-state index in [1.807, 2.05) is 0 Å². The number of hydrogen-bond donors (Lipinski definition) is 3. The van der Waals surface area contributed by atoms with Crippen LogP contribution in [-0.4, -0.2) is 55.1 Å². The predicted octanol–water partition coefficient (Wildman–Crippen LogP) is 2.59. The fourth-order valence-corrected chi connectivity index (χ4v) is 3.64. The van der Waals surface area contributed by atoms with Crippen molar-refractivity contribution in [2.24, 2.45) is 0 Å². The van der Waals surface area contributed by atoms with E-state index in [1.165, 1.54) is 6.07 Å². The van der Waals surface area contributed by atoms with Crippen LogP contribution in [0.4, 0.5) is 24.5 Å². The Hall–Kier alpha value is -3.67. The number of nitrogens with one attached hydrogen (secondary N) is 1. The Morgan fingerprint density at radius 3 is 2.58 bits per heavy atom. The van der Waals surface area contributed by atoms with Crippen LogP contribution in [0.15, 0.2) is 36.7 Å². The van der Waals surface area contributed by atoms with Crippen LogP contribution in [-0.2, 0) is 17.4 Å². The molecule has 0 spiro atoms. The van der Waals surface area contributed by atoms with Gasteiger partial charge in [-0.3, -0.25) is 9.59 Å². The first-order valence-corrected chi connectivity index (χ1v) is 9.98. The standard InChI is InChI=1S/C21H20F3N5O4/c1-20(33)10-29(11-20)15-7-17-25-12(5-6-18(30)31)8-28(17)9-14(15)27-19(32)13-3-2-4-16(26-13)21(22,23)24/h2-4,7-9,33H,5-6,10-11H2,1H3,(H,27,32)(H,30,31). The number of carbonyl (C=O) groups excluding carboxylic acids is 1.